The Morgan fingerprint density at radius 2 is 1.54 bits per heavy atom. The van der Waals surface area contributed by atoms with Crippen molar-refractivity contribution in [3.63, 3.8) is 0 Å². The van der Waals surface area contributed by atoms with Crippen LogP contribution in [0.4, 0.5) is 20.6 Å². The summed E-state index contributed by atoms with van der Waals surface area (Å²) in [6, 6.07) is 17.2. The van der Waals surface area contributed by atoms with Crippen LogP contribution in [0.3, 0.4) is 0 Å². The number of halogens is 1. The number of aromatic nitrogens is 1. The van der Waals surface area contributed by atoms with Crippen LogP contribution in [0.15, 0.2) is 72.9 Å². The first kappa shape index (κ1) is 30.8. The Balaban J connectivity index is 1.15. The van der Waals surface area contributed by atoms with Crippen molar-refractivity contribution in [2.24, 2.45) is 5.41 Å². The Morgan fingerprint density at radius 3 is 2.15 bits per heavy atom. The summed E-state index contributed by atoms with van der Waals surface area (Å²) in [7, 11) is 1.50. The fourth-order valence-electron chi connectivity index (χ4n) is 5.38. The Labute approximate surface area is 265 Å². The fourth-order valence-corrected chi connectivity index (χ4v) is 5.38. The quantitative estimate of drug-likeness (QED) is 0.212. The van der Waals surface area contributed by atoms with Gasteiger partial charge in [-0.25, -0.2) is 9.18 Å². The van der Waals surface area contributed by atoms with Crippen LogP contribution in [0.2, 0.25) is 0 Å². The number of hydrogen-bond donors (Lipinski definition) is 3. The number of methoxy groups -OCH3 is 1. The molecular formula is C34H34FN5O6. The first-order chi connectivity index (χ1) is 22.1. The second kappa shape index (κ2) is 12.3. The maximum atomic E-state index is 13.2. The zero-order chi connectivity index (χ0) is 32.5. The van der Waals surface area contributed by atoms with Crippen LogP contribution in [-0.4, -0.2) is 60.1 Å². The molecule has 1 aromatic heterocycles. The van der Waals surface area contributed by atoms with Crippen molar-refractivity contribution < 1.29 is 33.0 Å². The van der Waals surface area contributed by atoms with E-state index in [1.807, 2.05) is 13.8 Å². The molecule has 46 heavy (non-hydrogen) atoms. The molecule has 238 valence electrons. The van der Waals surface area contributed by atoms with Gasteiger partial charge in [0, 0.05) is 48.7 Å². The first-order valence-corrected chi connectivity index (χ1v) is 14.9. The van der Waals surface area contributed by atoms with E-state index in [0.29, 0.717) is 72.0 Å². The summed E-state index contributed by atoms with van der Waals surface area (Å²) in [5, 5.41) is 9.41. The number of pyridine rings is 1. The van der Waals surface area contributed by atoms with Crippen LogP contribution >= 0.6 is 0 Å². The maximum absolute atomic E-state index is 13.2. The van der Waals surface area contributed by atoms with E-state index in [1.54, 1.807) is 53.6 Å². The predicted octanol–water partition coefficient (Wildman–Crippen LogP) is 5.71. The number of carbonyl (C=O) groups excluding carboxylic acids is 3. The van der Waals surface area contributed by atoms with E-state index in [4.69, 9.17) is 14.2 Å². The number of hydrogen-bond acceptors (Lipinski definition) is 8. The molecule has 11 nitrogen and oxygen atoms in total. The highest BCUT2D eigenvalue weighted by Crippen LogP contribution is 2.47. The van der Waals surface area contributed by atoms with Gasteiger partial charge in [0.25, 0.3) is 0 Å². The summed E-state index contributed by atoms with van der Waals surface area (Å²) >= 11 is 0. The molecule has 0 radical (unpaired) electrons. The largest absolute Gasteiger partial charge is 0.493 e. The standard InChI is InChI=1S/C34H34FN5O6/c1-33(2)20-36-16-17-40(33)32(43)46-29-18-25-26(19-28(29)44-3)37-15-12-27(25)45-24-10-8-23(9-11-24)39-31(42)34(13-14-34)30(41)38-22-6-4-21(35)5-7-22/h4-12,15,18-19,36H,13-14,16-17,20H2,1-3H3,(H,38,41)(H,39,42). The number of nitrogens with one attached hydrogen (secondary N) is 3. The zero-order valence-corrected chi connectivity index (χ0v) is 25.7. The number of piperazine rings is 1. The molecule has 4 aromatic rings. The summed E-state index contributed by atoms with van der Waals surface area (Å²) in [5.41, 5.74) is -0.108. The zero-order valence-electron chi connectivity index (χ0n) is 25.7. The lowest BCUT2D eigenvalue weighted by atomic mass is 10.0. The van der Waals surface area contributed by atoms with E-state index in [9.17, 15) is 18.8 Å². The van der Waals surface area contributed by atoms with Gasteiger partial charge in [0.2, 0.25) is 11.8 Å². The Bertz CT molecular complexity index is 1790. The minimum absolute atomic E-state index is 0.239. The van der Waals surface area contributed by atoms with Crippen LogP contribution in [0, 0.1) is 11.2 Å². The van der Waals surface area contributed by atoms with Crippen LogP contribution in [0.25, 0.3) is 10.9 Å². The minimum atomic E-state index is -1.18. The first-order valence-electron chi connectivity index (χ1n) is 14.9. The average Bonchev–Trinajstić information content (AvgIpc) is 3.85. The number of rotatable bonds is 8. The van der Waals surface area contributed by atoms with Crippen molar-refractivity contribution in [2.45, 2.75) is 32.2 Å². The average molecular weight is 628 g/mol. The highest BCUT2D eigenvalue weighted by Gasteiger charge is 2.56. The number of carbonyl (C=O) groups is 3. The number of ether oxygens (including phenoxy) is 3. The second-order valence-corrected chi connectivity index (χ2v) is 12.0. The lowest BCUT2D eigenvalue weighted by Gasteiger charge is -2.41. The lowest BCUT2D eigenvalue weighted by Crippen LogP contribution is -2.60. The number of nitrogens with zero attached hydrogens (tertiary/aromatic N) is 2. The van der Waals surface area contributed by atoms with E-state index < -0.39 is 34.7 Å². The topological polar surface area (TPSA) is 131 Å². The number of benzene rings is 3. The Kier molecular flexibility index (Phi) is 8.22. The summed E-state index contributed by atoms with van der Waals surface area (Å²) in [6.07, 6.45) is 1.95. The molecular weight excluding hydrogens is 593 g/mol. The fraction of sp³-hybridized carbons (Fsp3) is 0.294. The number of amides is 3. The van der Waals surface area contributed by atoms with Gasteiger partial charge in [-0.05, 0) is 87.4 Å². The van der Waals surface area contributed by atoms with Crippen molar-refractivity contribution in [1.29, 1.82) is 0 Å². The molecule has 12 heteroatoms. The van der Waals surface area contributed by atoms with Crippen molar-refractivity contribution in [1.82, 2.24) is 15.2 Å². The molecule has 0 bridgehead atoms. The van der Waals surface area contributed by atoms with E-state index in [0.717, 1.165) is 0 Å². The van der Waals surface area contributed by atoms with Gasteiger partial charge in [-0.3, -0.25) is 14.6 Å². The van der Waals surface area contributed by atoms with Gasteiger partial charge in [0.05, 0.1) is 18.2 Å². The van der Waals surface area contributed by atoms with E-state index in [-0.39, 0.29) is 5.75 Å². The molecule has 0 spiro atoms. The van der Waals surface area contributed by atoms with E-state index in [1.165, 1.54) is 31.4 Å². The highest BCUT2D eigenvalue weighted by atomic mass is 19.1. The van der Waals surface area contributed by atoms with Gasteiger partial charge >= 0.3 is 6.09 Å². The molecule has 3 N–H and O–H groups in total. The molecule has 6 rings (SSSR count). The Hall–Kier alpha value is -5.23. The van der Waals surface area contributed by atoms with Gasteiger partial charge in [0.1, 0.15) is 22.7 Å². The van der Waals surface area contributed by atoms with Crippen molar-refractivity contribution in [3.05, 3.63) is 78.7 Å². The molecule has 2 aliphatic rings. The van der Waals surface area contributed by atoms with Crippen molar-refractivity contribution in [2.75, 3.05) is 37.4 Å². The van der Waals surface area contributed by atoms with Crippen LogP contribution in [0.1, 0.15) is 26.7 Å². The van der Waals surface area contributed by atoms with Crippen molar-refractivity contribution >= 4 is 40.2 Å². The summed E-state index contributed by atoms with van der Waals surface area (Å²) in [5.74, 6) is 0.292. The summed E-state index contributed by atoms with van der Waals surface area (Å²) in [4.78, 5) is 45.3. The third kappa shape index (κ3) is 6.29. The highest BCUT2D eigenvalue weighted by molar-refractivity contribution is 6.16. The number of fused-ring (bicyclic) bond motifs is 1. The Morgan fingerprint density at radius 1 is 0.891 bits per heavy atom. The SMILES string of the molecule is COc1cc2nccc(Oc3ccc(NC(=O)C4(C(=O)Nc5ccc(F)cc5)CC4)cc3)c2cc1OC(=O)N1CCNCC1(C)C. The molecule has 3 amide bonds. The maximum Gasteiger partial charge on any atom is 0.415 e. The number of anilines is 2. The third-order valence-electron chi connectivity index (χ3n) is 8.27. The van der Waals surface area contributed by atoms with Crippen molar-refractivity contribution in [3.8, 4) is 23.0 Å². The third-order valence-corrected chi connectivity index (χ3v) is 8.27. The minimum Gasteiger partial charge on any atom is -0.493 e. The second-order valence-electron chi connectivity index (χ2n) is 12.0. The van der Waals surface area contributed by atoms with Gasteiger partial charge in [-0.1, -0.05) is 0 Å². The molecule has 3 aromatic carbocycles. The van der Waals surface area contributed by atoms with Gasteiger partial charge in [0.15, 0.2) is 11.5 Å². The van der Waals surface area contributed by atoms with Crippen LogP contribution in [0.5, 0.6) is 23.0 Å². The van der Waals surface area contributed by atoms with Crippen LogP contribution < -0.4 is 30.2 Å². The van der Waals surface area contributed by atoms with E-state index in [2.05, 4.69) is 20.9 Å². The van der Waals surface area contributed by atoms with Gasteiger partial charge in [-0.15, -0.1) is 0 Å². The lowest BCUT2D eigenvalue weighted by molar-refractivity contribution is -0.131. The molecule has 1 aliphatic heterocycles. The molecule has 2 fully saturated rings. The molecule has 1 saturated heterocycles. The smallest absolute Gasteiger partial charge is 0.415 e. The molecule has 2 heterocycles. The molecule has 0 unspecified atom stereocenters. The van der Waals surface area contributed by atoms with Crippen LogP contribution in [-0.2, 0) is 9.59 Å². The molecule has 1 aliphatic carbocycles. The monoisotopic (exact) mass is 627 g/mol. The summed E-state index contributed by atoms with van der Waals surface area (Å²) in [6.45, 7) is 5.78. The van der Waals surface area contributed by atoms with E-state index >= 15 is 0 Å². The molecule has 0 atom stereocenters. The molecule has 1 saturated carbocycles. The van der Waals surface area contributed by atoms with Gasteiger partial charge in [-0.2, -0.15) is 0 Å². The normalized spacial score (nSPS) is 16.3. The predicted molar refractivity (Wildman–Crippen MR) is 170 cm³/mol. The summed E-state index contributed by atoms with van der Waals surface area (Å²) < 4.78 is 30.7. The van der Waals surface area contributed by atoms with Gasteiger partial charge < -0.3 is 35.1 Å².